The molecule has 0 amide bonds. The molecule has 25 rings (SSSR count). The predicted molar refractivity (Wildman–Crippen MR) is 545 cm³/mol. The lowest BCUT2D eigenvalue weighted by atomic mass is 9.82. The topological polar surface area (TPSA) is 92.1 Å². The van der Waals surface area contributed by atoms with Crippen molar-refractivity contribution < 1.29 is 0 Å². The number of pyridine rings is 2. The van der Waals surface area contributed by atoms with E-state index >= 15 is 0 Å². The van der Waals surface area contributed by atoms with E-state index in [0.29, 0.717) is 11.6 Å². The lowest BCUT2D eigenvalue weighted by Gasteiger charge is -2.21. The molecule has 0 unspecified atom stereocenters. The van der Waals surface area contributed by atoms with Gasteiger partial charge in [-0.05, 0) is 172 Å². The smallest absolute Gasteiger partial charge is 0.160 e. The Hall–Kier alpha value is -17.4. The molecule has 0 radical (unpaired) electrons. The molecule has 7 heterocycles. The molecular weight excluding hydrogens is 1600 g/mol. The maximum atomic E-state index is 5.57. The van der Waals surface area contributed by atoms with Crippen LogP contribution in [-0.4, -0.2) is 43.6 Å². The van der Waals surface area contributed by atoms with Gasteiger partial charge in [0.1, 0.15) is 0 Å². The first kappa shape index (κ1) is 78.1. The van der Waals surface area contributed by atoms with Crippen molar-refractivity contribution in [3.05, 3.63) is 478 Å². The number of hydrogen-bond acceptors (Lipinski definition) is 6. The van der Waals surface area contributed by atoms with Crippen molar-refractivity contribution in [3.8, 4) is 163 Å². The van der Waals surface area contributed by atoms with Gasteiger partial charge in [0.05, 0.1) is 90.0 Å². The molecule has 0 bridgehead atoms. The lowest BCUT2D eigenvalue weighted by molar-refractivity contribution is 0.661. The molecule has 0 fully saturated rings. The summed E-state index contributed by atoms with van der Waals surface area (Å²) >= 11 is 0. The summed E-state index contributed by atoms with van der Waals surface area (Å²) in [5.41, 5.74) is 36.5. The van der Waals surface area contributed by atoms with E-state index in [4.69, 9.17) is 29.9 Å². The SMILES string of the molecule is CC1(C)c2ccccc2-c2cc3c(cc21)c1ccccc1n3-c1ccc(-c2nc(-c3ccccc3)cc(-c3ccccc3)n2)cc1-c1cc(-c2ccccc2)cc(-c2ccccc2)n1.c1ccc(-c2cc(-c3ccccc3)nc(-c3cc(-c4nc(-c5ccccc5)cc(-c5ccccc5)n4)ccc3-n3c4ccccc4c4cc5c(cc43)c3ccccc3n5-c3ccccc3)c2)cc1. The van der Waals surface area contributed by atoms with Gasteiger partial charge in [0.25, 0.3) is 0 Å². The summed E-state index contributed by atoms with van der Waals surface area (Å²) in [5.74, 6) is 1.28. The zero-order chi connectivity index (χ0) is 87.7. The number of fused-ring (bicyclic) bond motifs is 12. The third-order valence-electron chi connectivity index (χ3n) is 26.1. The van der Waals surface area contributed by atoms with E-state index in [1.807, 2.05) is 24.3 Å². The maximum absolute atomic E-state index is 5.57. The second-order valence-corrected chi connectivity index (χ2v) is 34.4. The molecule has 9 nitrogen and oxygen atoms in total. The fourth-order valence-electron chi connectivity index (χ4n) is 19.7. The molecule has 132 heavy (non-hydrogen) atoms. The Bertz CT molecular complexity index is 8320. The Kier molecular flexibility index (Phi) is 19.4. The molecule has 7 aromatic heterocycles. The van der Waals surface area contributed by atoms with Crippen LogP contribution in [-0.2, 0) is 5.41 Å². The van der Waals surface area contributed by atoms with E-state index in [0.717, 1.165) is 168 Å². The Morgan fingerprint density at radius 3 is 0.848 bits per heavy atom. The van der Waals surface area contributed by atoms with E-state index in [9.17, 15) is 0 Å². The molecule has 0 N–H and O–H groups in total. The molecule has 0 saturated heterocycles. The van der Waals surface area contributed by atoms with Crippen LogP contribution >= 0.6 is 0 Å². The largest absolute Gasteiger partial charge is 0.309 e. The quantitative estimate of drug-likeness (QED) is 0.102. The van der Waals surface area contributed by atoms with Crippen molar-refractivity contribution >= 4 is 65.4 Å². The Labute approximate surface area is 764 Å². The van der Waals surface area contributed by atoms with Crippen molar-refractivity contribution in [2.45, 2.75) is 19.3 Å². The fraction of sp³-hybridized carbons (Fsp3) is 0.0244. The van der Waals surface area contributed by atoms with Crippen LogP contribution in [0.25, 0.3) is 229 Å². The Balaban J connectivity index is 0.000000146. The number of hydrogen-bond donors (Lipinski definition) is 0. The minimum atomic E-state index is -0.126. The molecule has 17 aromatic carbocycles. The van der Waals surface area contributed by atoms with Gasteiger partial charge in [-0.25, -0.2) is 29.9 Å². The van der Waals surface area contributed by atoms with Gasteiger partial charge in [0, 0.05) is 99.1 Å². The van der Waals surface area contributed by atoms with E-state index in [-0.39, 0.29) is 5.41 Å². The highest BCUT2D eigenvalue weighted by Crippen LogP contribution is 2.53. The van der Waals surface area contributed by atoms with Gasteiger partial charge in [-0.1, -0.05) is 354 Å². The number of benzene rings is 17. The first-order valence-electron chi connectivity index (χ1n) is 45.0. The standard InChI is InChI=1S/C63H41N5.C60H42N4/c1-6-20-42(21-7-1)47-37-54(43-22-8-2-9-23-43)64-57(38-47)53-36-46(63-65-55(44-24-10-3-11-25-44)41-56(66-63)45-26-12-4-13-27-45)34-35-60(53)68-59-33-19-17-31-50(59)52-39-61-51(40-62(52)68)49-30-16-18-32-58(49)67(61)48-28-14-5-15-29-48;1-60(2)50-29-17-15-27-45(50)47-37-58-48(36-51(47)60)46-28-16-18-30-56(46)64(58)57-32-31-43(59-62-53(41-23-11-5-12-24-41)38-54(63-59)42-25-13-6-14-26-42)33-49(57)55-35-44(39-19-7-3-8-20-39)34-52(61-55)40-21-9-4-10-22-40/h1-41H;3-38H,1-2H3. The summed E-state index contributed by atoms with van der Waals surface area (Å²) in [5, 5.41) is 7.18. The summed E-state index contributed by atoms with van der Waals surface area (Å²) in [6.45, 7) is 4.71. The van der Waals surface area contributed by atoms with Gasteiger partial charge in [-0.3, -0.25) is 0 Å². The Morgan fingerprint density at radius 1 is 0.167 bits per heavy atom. The monoisotopic (exact) mass is 1690 g/mol. The summed E-state index contributed by atoms with van der Waals surface area (Å²) in [7, 11) is 0. The minimum Gasteiger partial charge on any atom is -0.309 e. The van der Waals surface area contributed by atoms with Crippen molar-refractivity contribution in [3.63, 3.8) is 0 Å². The molecule has 9 heteroatoms. The zero-order valence-electron chi connectivity index (χ0n) is 72.5. The van der Waals surface area contributed by atoms with Crippen LogP contribution < -0.4 is 0 Å². The average Bonchev–Trinajstić information content (AvgIpc) is 1.55. The van der Waals surface area contributed by atoms with E-state index in [2.05, 4.69) is 470 Å². The first-order chi connectivity index (χ1) is 65.2. The van der Waals surface area contributed by atoms with Crippen molar-refractivity contribution in [2.24, 2.45) is 0 Å². The van der Waals surface area contributed by atoms with Crippen LogP contribution in [0.5, 0.6) is 0 Å². The third kappa shape index (κ3) is 14.0. The van der Waals surface area contributed by atoms with Crippen LogP contribution in [0.3, 0.4) is 0 Å². The molecule has 24 aromatic rings. The molecule has 0 spiro atoms. The van der Waals surface area contributed by atoms with Crippen LogP contribution in [0.15, 0.2) is 467 Å². The average molecular weight is 1690 g/mol. The zero-order valence-corrected chi connectivity index (χ0v) is 72.5. The van der Waals surface area contributed by atoms with Gasteiger partial charge in [-0.2, -0.15) is 0 Å². The van der Waals surface area contributed by atoms with E-state index < -0.39 is 0 Å². The van der Waals surface area contributed by atoms with Crippen molar-refractivity contribution in [1.29, 1.82) is 0 Å². The van der Waals surface area contributed by atoms with Crippen LogP contribution in [0, 0.1) is 0 Å². The van der Waals surface area contributed by atoms with E-state index in [1.54, 1.807) is 0 Å². The molecule has 1 aliphatic carbocycles. The van der Waals surface area contributed by atoms with Gasteiger partial charge in [0.2, 0.25) is 0 Å². The maximum Gasteiger partial charge on any atom is 0.160 e. The third-order valence-corrected chi connectivity index (χ3v) is 26.1. The summed E-state index contributed by atoms with van der Waals surface area (Å²) in [4.78, 5) is 32.3. The van der Waals surface area contributed by atoms with E-state index in [1.165, 1.54) is 60.1 Å². The summed E-state index contributed by atoms with van der Waals surface area (Å²) < 4.78 is 7.29. The predicted octanol–water partition coefficient (Wildman–Crippen LogP) is 31.3. The second-order valence-electron chi connectivity index (χ2n) is 34.4. The normalized spacial score (nSPS) is 12.1. The van der Waals surface area contributed by atoms with Gasteiger partial charge in [-0.15, -0.1) is 0 Å². The van der Waals surface area contributed by atoms with Crippen LogP contribution in [0.1, 0.15) is 25.0 Å². The van der Waals surface area contributed by atoms with Crippen LogP contribution in [0.2, 0.25) is 0 Å². The number of nitrogens with zero attached hydrogens (tertiary/aromatic N) is 9. The number of para-hydroxylation sites is 4. The Morgan fingerprint density at radius 2 is 0.462 bits per heavy atom. The highest BCUT2D eigenvalue weighted by molar-refractivity contribution is 6.20. The second kappa shape index (κ2) is 32.8. The summed E-state index contributed by atoms with van der Waals surface area (Å²) in [6.07, 6.45) is 0. The molecule has 1 aliphatic rings. The molecule has 0 saturated carbocycles. The highest BCUT2D eigenvalue weighted by atomic mass is 15.0. The minimum absolute atomic E-state index is 0.126. The van der Waals surface area contributed by atoms with Crippen LogP contribution in [0.4, 0.5) is 0 Å². The molecular formula is C123H83N9. The number of rotatable bonds is 15. The first-order valence-corrected chi connectivity index (χ1v) is 45.0. The lowest BCUT2D eigenvalue weighted by Crippen LogP contribution is -2.14. The molecule has 620 valence electrons. The van der Waals surface area contributed by atoms with Gasteiger partial charge in [0.15, 0.2) is 11.6 Å². The number of aromatic nitrogens is 9. The fourth-order valence-corrected chi connectivity index (χ4v) is 19.7. The van der Waals surface area contributed by atoms with Gasteiger partial charge < -0.3 is 13.7 Å². The highest BCUT2D eigenvalue weighted by Gasteiger charge is 2.37. The van der Waals surface area contributed by atoms with Gasteiger partial charge >= 0.3 is 0 Å². The summed E-state index contributed by atoms with van der Waals surface area (Å²) in [6, 6.07) is 166. The van der Waals surface area contributed by atoms with Crippen molar-refractivity contribution in [1.82, 2.24) is 43.6 Å². The van der Waals surface area contributed by atoms with Crippen molar-refractivity contribution in [2.75, 3.05) is 0 Å². The molecule has 0 aliphatic heterocycles. The molecule has 0 atom stereocenters.